The molecule has 0 saturated heterocycles. The van der Waals surface area contributed by atoms with Gasteiger partial charge in [0.25, 0.3) is 0 Å². The highest BCUT2D eigenvalue weighted by atomic mass is 79.9. The van der Waals surface area contributed by atoms with Crippen molar-refractivity contribution >= 4 is 33.5 Å². The number of benzene rings is 1. The maximum atomic E-state index is 11.4. The number of esters is 1. The summed E-state index contributed by atoms with van der Waals surface area (Å²) in [4.78, 5) is 11.4. The quantitative estimate of drug-likeness (QED) is 0.615. The van der Waals surface area contributed by atoms with E-state index in [-0.39, 0.29) is 5.97 Å². The predicted molar refractivity (Wildman–Crippen MR) is 70.4 cm³/mol. The van der Waals surface area contributed by atoms with Crippen molar-refractivity contribution in [2.75, 3.05) is 6.61 Å². The van der Waals surface area contributed by atoms with Crippen LogP contribution in [0.15, 0.2) is 22.7 Å². The van der Waals surface area contributed by atoms with Crippen LogP contribution in [0.25, 0.3) is 0 Å². The molecule has 5 heteroatoms. The molecule has 0 N–H and O–H groups in total. The molecule has 0 aliphatic carbocycles. The third kappa shape index (κ3) is 4.21. The van der Waals surface area contributed by atoms with Crippen LogP contribution in [0.3, 0.4) is 0 Å². The van der Waals surface area contributed by atoms with E-state index in [1.54, 1.807) is 19.9 Å². The number of hydrogen-bond acceptors (Lipinski definition) is 3. The Morgan fingerprint density at radius 3 is 2.82 bits per heavy atom. The number of ether oxygens (including phenoxy) is 2. The van der Waals surface area contributed by atoms with Gasteiger partial charge in [0.1, 0.15) is 5.75 Å². The van der Waals surface area contributed by atoms with E-state index in [4.69, 9.17) is 21.1 Å². The van der Waals surface area contributed by atoms with Gasteiger partial charge in [-0.3, -0.25) is 0 Å². The summed E-state index contributed by atoms with van der Waals surface area (Å²) >= 11 is 9.16. The van der Waals surface area contributed by atoms with Gasteiger partial charge in [0, 0.05) is 10.0 Å². The smallest absolute Gasteiger partial charge is 0.347 e. The fourth-order valence-corrected chi connectivity index (χ4v) is 1.88. The lowest BCUT2D eigenvalue weighted by Crippen LogP contribution is -2.26. The van der Waals surface area contributed by atoms with Gasteiger partial charge >= 0.3 is 5.97 Å². The van der Waals surface area contributed by atoms with E-state index in [9.17, 15) is 4.79 Å². The molecule has 0 amide bonds. The maximum absolute atomic E-state index is 11.4. The fraction of sp³-hybridized carbons (Fsp3) is 0.417. The molecule has 1 aromatic rings. The predicted octanol–water partition coefficient (Wildman–Crippen LogP) is 3.52. The van der Waals surface area contributed by atoms with E-state index in [1.165, 1.54) is 0 Å². The van der Waals surface area contributed by atoms with Crippen molar-refractivity contribution in [2.45, 2.75) is 25.8 Å². The average Bonchev–Trinajstić information content (AvgIpc) is 2.31. The third-order valence-electron chi connectivity index (χ3n) is 2.09. The van der Waals surface area contributed by atoms with Crippen molar-refractivity contribution in [2.24, 2.45) is 0 Å². The van der Waals surface area contributed by atoms with E-state index < -0.39 is 6.10 Å². The highest BCUT2D eigenvalue weighted by molar-refractivity contribution is 9.10. The highest BCUT2D eigenvalue weighted by Gasteiger charge is 2.17. The molecule has 0 aliphatic rings. The number of carbonyl (C=O) groups excluding carboxylic acids is 1. The van der Waals surface area contributed by atoms with Gasteiger partial charge in [0.15, 0.2) is 6.10 Å². The van der Waals surface area contributed by atoms with Gasteiger partial charge in [-0.15, -0.1) is 11.6 Å². The van der Waals surface area contributed by atoms with Crippen molar-refractivity contribution in [1.82, 2.24) is 0 Å². The number of alkyl halides is 1. The lowest BCUT2D eigenvalue weighted by molar-refractivity contribution is -0.150. The van der Waals surface area contributed by atoms with Crippen LogP contribution in [0.2, 0.25) is 0 Å². The Labute approximate surface area is 114 Å². The normalized spacial score (nSPS) is 12.0. The Kier molecular flexibility index (Phi) is 5.78. The first-order valence-corrected chi connectivity index (χ1v) is 6.59. The van der Waals surface area contributed by atoms with Crippen molar-refractivity contribution in [3.05, 3.63) is 28.2 Å². The first kappa shape index (κ1) is 14.3. The second-order valence-electron chi connectivity index (χ2n) is 3.40. The molecular weight excluding hydrogens is 307 g/mol. The molecule has 3 nitrogen and oxygen atoms in total. The number of hydrogen-bond donors (Lipinski definition) is 0. The van der Waals surface area contributed by atoms with Crippen LogP contribution in [0.1, 0.15) is 19.4 Å². The number of rotatable bonds is 5. The Morgan fingerprint density at radius 1 is 1.53 bits per heavy atom. The Balaban J connectivity index is 2.77. The molecule has 0 aliphatic heterocycles. The number of halogens is 2. The molecule has 0 spiro atoms. The highest BCUT2D eigenvalue weighted by Crippen LogP contribution is 2.25. The molecule has 1 atom stereocenters. The number of carbonyl (C=O) groups is 1. The SMILES string of the molecule is CCOC(=O)C(C)Oc1ccc(Br)cc1CCl. The Morgan fingerprint density at radius 2 is 2.24 bits per heavy atom. The van der Waals surface area contributed by atoms with Crippen LogP contribution >= 0.6 is 27.5 Å². The summed E-state index contributed by atoms with van der Waals surface area (Å²) in [6.45, 7) is 3.75. The van der Waals surface area contributed by atoms with Crippen LogP contribution in [0, 0.1) is 0 Å². The lowest BCUT2D eigenvalue weighted by Gasteiger charge is -2.15. The third-order valence-corrected chi connectivity index (χ3v) is 2.87. The summed E-state index contributed by atoms with van der Waals surface area (Å²) in [6, 6.07) is 5.47. The van der Waals surface area contributed by atoms with E-state index >= 15 is 0 Å². The van der Waals surface area contributed by atoms with Gasteiger partial charge in [-0.05, 0) is 32.0 Å². The largest absolute Gasteiger partial charge is 0.479 e. The summed E-state index contributed by atoms with van der Waals surface area (Å²) < 4.78 is 11.3. The Bertz CT molecular complexity index is 395. The molecule has 1 aromatic carbocycles. The zero-order valence-corrected chi connectivity index (χ0v) is 12.0. The molecule has 1 unspecified atom stereocenters. The molecule has 17 heavy (non-hydrogen) atoms. The van der Waals surface area contributed by atoms with Crippen LogP contribution in [-0.2, 0) is 15.4 Å². The van der Waals surface area contributed by atoms with Gasteiger partial charge in [0.2, 0.25) is 0 Å². The Hall–Kier alpha value is -0.740. The molecule has 0 radical (unpaired) electrons. The van der Waals surface area contributed by atoms with Crippen LogP contribution < -0.4 is 4.74 Å². The minimum absolute atomic E-state index is 0.324. The summed E-state index contributed by atoms with van der Waals surface area (Å²) in [6.07, 6.45) is -0.641. The van der Waals surface area contributed by atoms with Gasteiger partial charge < -0.3 is 9.47 Å². The van der Waals surface area contributed by atoms with Gasteiger partial charge in [-0.2, -0.15) is 0 Å². The van der Waals surface area contributed by atoms with E-state index in [0.717, 1.165) is 10.0 Å². The standard InChI is InChI=1S/C12H14BrClO3/c1-3-16-12(15)8(2)17-11-5-4-10(13)6-9(11)7-14/h4-6,8H,3,7H2,1-2H3. The second-order valence-corrected chi connectivity index (χ2v) is 4.58. The van der Waals surface area contributed by atoms with Crippen LogP contribution in [0.4, 0.5) is 0 Å². The first-order valence-electron chi connectivity index (χ1n) is 5.26. The van der Waals surface area contributed by atoms with E-state index in [1.807, 2.05) is 12.1 Å². The molecule has 0 heterocycles. The summed E-state index contributed by atoms with van der Waals surface area (Å²) in [7, 11) is 0. The zero-order valence-electron chi connectivity index (χ0n) is 9.70. The molecule has 0 aromatic heterocycles. The topological polar surface area (TPSA) is 35.5 Å². The molecule has 1 rings (SSSR count). The van der Waals surface area contributed by atoms with Crippen LogP contribution in [0.5, 0.6) is 5.75 Å². The first-order chi connectivity index (χ1) is 8.08. The van der Waals surface area contributed by atoms with Crippen molar-refractivity contribution in [3.8, 4) is 5.75 Å². The molecular formula is C12H14BrClO3. The molecule has 0 fully saturated rings. The maximum Gasteiger partial charge on any atom is 0.347 e. The van der Waals surface area contributed by atoms with E-state index in [2.05, 4.69) is 15.9 Å². The van der Waals surface area contributed by atoms with Crippen molar-refractivity contribution in [3.63, 3.8) is 0 Å². The van der Waals surface area contributed by atoms with Gasteiger partial charge in [-0.25, -0.2) is 4.79 Å². The molecule has 0 saturated carbocycles. The lowest BCUT2D eigenvalue weighted by atomic mass is 10.2. The molecule has 94 valence electrons. The monoisotopic (exact) mass is 320 g/mol. The van der Waals surface area contributed by atoms with Crippen molar-refractivity contribution in [1.29, 1.82) is 0 Å². The summed E-state index contributed by atoms with van der Waals surface area (Å²) in [5.74, 6) is 0.546. The second kappa shape index (κ2) is 6.87. The minimum Gasteiger partial charge on any atom is -0.479 e. The van der Waals surface area contributed by atoms with Gasteiger partial charge in [0.05, 0.1) is 12.5 Å². The fourth-order valence-electron chi connectivity index (χ4n) is 1.27. The summed E-state index contributed by atoms with van der Waals surface area (Å²) in [5.41, 5.74) is 0.831. The van der Waals surface area contributed by atoms with E-state index in [0.29, 0.717) is 18.2 Å². The van der Waals surface area contributed by atoms with Gasteiger partial charge in [-0.1, -0.05) is 15.9 Å². The molecule has 0 bridgehead atoms. The zero-order chi connectivity index (χ0) is 12.8. The van der Waals surface area contributed by atoms with Crippen molar-refractivity contribution < 1.29 is 14.3 Å². The van der Waals surface area contributed by atoms with Crippen LogP contribution in [-0.4, -0.2) is 18.7 Å². The summed E-state index contributed by atoms with van der Waals surface area (Å²) in [5, 5.41) is 0. The minimum atomic E-state index is -0.641. The average molecular weight is 322 g/mol.